The quantitative estimate of drug-likeness (QED) is 0.184. The number of ketones is 1. The third kappa shape index (κ3) is 5.43. The molecule has 0 radical (unpaired) electrons. The summed E-state index contributed by atoms with van der Waals surface area (Å²) < 4.78 is 39.9. The van der Waals surface area contributed by atoms with Crippen molar-refractivity contribution in [2.24, 2.45) is 0 Å². The van der Waals surface area contributed by atoms with Crippen molar-refractivity contribution in [3.05, 3.63) is 101 Å². The Bertz CT molecular complexity index is 1330. The summed E-state index contributed by atoms with van der Waals surface area (Å²) >= 11 is 0. The molecule has 1 aromatic heterocycles. The number of benzene rings is 3. The normalized spacial score (nSPS) is 11.4. The molecule has 0 bridgehead atoms. The highest BCUT2D eigenvalue weighted by Crippen LogP contribution is 2.35. The standard InChI is InChI=1S/C29H29F2NO3/c1-19(2)29-28(27(33)14-10-20-9-13-24(30)25(31)15-20)23-12-11-22(35-18-34-3)16-26(23)32(29)17-21-7-5-4-6-8-21/h4-9,11-13,15-16,19H,10,14,17-18H2,1-3H3. The molecule has 4 aromatic rings. The lowest BCUT2D eigenvalue weighted by Crippen LogP contribution is -2.11. The molecule has 3 aromatic carbocycles. The Kier molecular flexibility index (Phi) is 7.61. The van der Waals surface area contributed by atoms with Crippen LogP contribution in [0.3, 0.4) is 0 Å². The number of methoxy groups -OCH3 is 1. The Balaban J connectivity index is 1.77. The highest BCUT2D eigenvalue weighted by Gasteiger charge is 2.25. The molecule has 0 saturated carbocycles. The first-order valence-electron chi connectivity index (χ1n) is 11.7. The summed E-state index contributed by atoms with van der Waals surface area (Å²) in [5.41, 5.74) is 4.24. The van der Waals surface area contributed by atoms with Gasteiger partial charge in [-0.05, 0) is 47.7 Å². The predicted molar refractivity (Wildman–Crippen MR) is 133 cm³/mol. The second-order valence-electron chi connectivity index (χ2n) is 8.89. The van der Waals surface area contributed by atoms with Crippen LogP contribution in [0.15, 0.2) is 66.7 Å². The molecule has 4 nitrogen and oxygen atoms in total. The van der Waals surface area contributed by atoms with Crippen LogP contribution >= 0.6 is 0 Å². The van der Waals surface area contributed by atoms with E-state index in [9.17, 15) is 13.6 Å². The number of hydrogen-bond donors (Lipinski definition) is 0. The van der Waals surface area contributed by atoms with Gasteiger partial charge in [-0.25, -0.2) is 8.78 Å². The van der Waals surface area contributed by atoms with Gasteiger partial charge in [-0.15, -0.1) is 0 Å². The minimum Gasteiger partial charge on any atom is -0.467 e. The van der Waals surface area contributed by atoms with Gasteiger partial charge in [0.15, 0.2) is 24.2 Å². The summed E-state index contributed by atoms with van der Waals surface area (Å²) in [4.78, 5) is 13.6. The summed E-state index contributed by atoms with van der Waals surface area (Å²) in [7, 11) is 1.57. The summed E-state index contributed by atoms with van der Waals surface area (Å²) in [6.45, 7) is 4.88. The number of nitrogens with zero attached hydrogens (tertiary/aromatic N) is 1. The van der Waals surface area contributed by atoms with Crippen molar-refractivity contribution in [3.8, 4) is 5.75 Å². The Hall–Kier alpha value is -3.51. The number of halogens is 2. The van der Waals surface area contributed by atoms with E-state index in [4.69, 9.17) is 9.47 Å². The Morgan fingerprint density at radius 3 is 2.40 bits per heavy atom. The first-order valence-corrected chi connectivity index (χ1v) is 11.7. The van der Waals surface area contributed by atoms with E-state index in [1.807, 2.05) is 36.4 Å². The highest BCUT2D eigenvalue weighted by atomic mass is 19.2. The molecule has 0 aliphatic rings. The topological polar surface area (TPSA) is 40.5 Å². The van der Waals surface area contributed by atoms with Crippen LogP contribution in [0.4, 0.5) is 8.78 Å². The fourth-order valence-electron chi connectivity index (χ4n) is 4.47. The van der Waals surface area contributed by atoms with E-state index in [2.05, 4.69) is 30.5 Å². The van der Waals surface area contributed by atoms with Crippen molar-refractivity contribution >= 4 is 16.7 Å². The molecule has 0 atom stereocenters. The maximum Gasteiger partial charge on any atom is 0.188 e. The molecule has 6 heteroatoms. The van der Waals surface area contributed by atoms with Gasteiger partial charge in [0.2, 0.25) is 0 Å². The van der Waals surface area contributed by atoms with Gasteiger partial charge in [0.1, 0.15) is 5.75 Å². The molecule has 0 amide bonds. The zero-order valence-corrected chi connectivity index (χ0v) is 20.2. The molecule has 0 saturated heterocycles. The van der Waals surface area contributed by atoms with Gasteiger partial charge >= 0.3 is 0 Å². The summed E-state index contributed by atoms with van der Waals surface area (Å²) in [5.74, 6) is -1.08. The number of hydrogen-bond acceptors (Lipinski definition) is 3. The average molecular weight is 478 g/mol. The molecule has 0 aliphatic carbocycles. The van der Waals surface area contributed by atoms with Crippen LogP contribution in [-0.2, 0) is 17.7 Å². The van der Waals surface area contributed by atoms with Gasteiger partial charge in [-0.3, -0.25) is 4.79 Å². The number of Topliss-reactive ketones (excluding diaryl/α,β-unsaturated/α-hetero) is 1. The Morgan fingerprint density at radius 2 is 1.71 bits per heavy atom. The third-order valence-electron chi connectivity index (χ3n) is 6.05. The van der Waals surface area contributed by atoms with Crippen molar-refractivity contribution in [1.82, 2.24) is 4.57 Å². The molecule has 0 N–H and O–H groups in total. The zero-order valence-electron chi connectivity index (χ0n) is 20.2. The number of ether oxygens (including phenoxy) is 2. The fourth-order valence-corrected chi connectivity index (χ4v) is 4.47. The van der Waals surface area contributed by atoms with Crippen molar-refractivity contribution in [2.45, 2.75) is 39.2 Å². The maximum absolute atomic E-state index is 13.7. The van der Waals surface area contributed by atoms with E-state index in [0.29, 0.717) is 29.8 Å². The highest BCUT2D eigenvalue weighted by molar-refractivity contribution is 6.10. The average Bonchev–Trinajstić information content (AvgIpc) is 3.17. The molecule has 0 fully saturated rings. The summed E-state index contributed by atoms with van der Waals surface area (Å²) in [5, 5.41) is 0.852. The number of aromatic nitrogens is 1. The van der Waals surface area contributed by atoms with Crippen molar-refractivity contribution in [1.29, 1.82) is 0 Å². The van der Waals surface area contributed by atoms with Crippen LogP contribution in [0.1, 0.15) is 53.4 Å². The van der Waals surface area contributed by atoms with E-state index in [1.165, 1.54) is 6.07 Å². The third-order valence-corrected chi connectivity index (χ3v) is 6.05. The van der Waals surface area contributed by atoms with Gasteiger partial charge in [0.05, 0.1) is 5.52 Å². The molecule has 1 heterocycles. The van der Waals surface area contributed by atoms with Crippen LogP contribution in [0, 0.1) is 11.6 Å². The lowest BCUT2D eigenvalue weighted by molar-refractivity contribution is 0.0512. The van der Waals surface area contributed by atoms with Gasteiger partial charge in [0, 0.05) is 42.8 Å². The smallest absolute Gasteiger partial charge is 0.188 e. The molecule has 0 aliphatic heterocycles. The molecular formula is C29H29F2NO3. The maximum atomic E-state index is 13.7. The van der Waals surface area contributed by atoms with E-state index < -0.39 is 11.6 Å². The second-order valence-corrected chi connectivity index (χ2v) is 8.89. The molecule has 4 rings (SSSR count). The first-order chi connectivity index (χ1) is 16.9. The lowest BCUT2D eigenvalue weighted by Gasteiger charge is -2.15. The van der Waals surface area contributed by atoms with Gasteiger partial charge in [0.25, 0.3) is 0 Å². The number of fused-ring (bicyclic) bond motifs is 1. The Morgan fingerprint density at radius 1 is 0.943 bits per heavy atom. The van der Waals surface area contributed by atoms with Crippen molar-refractivity contribution in [2.75, 3.05) is 13.9 Å². The minimum atomic E-state index is -0.902. The Labute approximate surface area is 204 Å². The lowest BCUT2D eigenvalue weighted by atomic mass is 9.96. The molecular weight excluding hydrogens is 448 g/mol. The van der Waals surface area contributed by atoms with Crippen LogP contribution < -0.4 is 4.74 Å². The number of carbonyl (C=O) groups excluding carboxylic acids is 1. The van der Waals surface area contributed by atoms with Gasteiger partial charge in [-0.2, -0.15) is 0 Å². The molecule has 0 spiro atoms. The van der Waals surface area contributed by atoms with Crippen LogP contribution in [0.5, 0.6) is 5.75 Å². The molecule has 0 unspecified atom stereocenters. The second kappa shape index (κ2) is 10.8. The first kappa shape index (κ1) is 24.6. The molecule has 182 valence electrons. The minimum absolute atomic E-state index is 0.0270. The van der Waals surface area contributed by atoms with Crippen molar-refractivity contribution < 1.29 is 23.0 Å². The van der Waals surface area contributed by atoms with Gasteiger partial charge in [-0.1, -0.05) is 50.2 Å². The predicted octanol–water partition coefficient (Wildman–Crippen LogP) is 6.89. The van der Waals surface area contributed by atoms with Crippen LogP contribution in [0.25, 0.3) is 10.9 Å². The van der Waals surface area contributed by atoms with Gasteiger partial charge < -0.3 is 14.0 Å². The van der Waals surface area contributed by atoms with Crippen molar-refractivity contribution in [3.63, 3.8) is 0 Å². The number of aryl methyl sites for hydroxylation is 1. The van der Waals surface area contributed by atoms with Crippen LogP contribution in [-0.4, -0.2) is 24.3 Å². The van der Waals surface area contributed by atoms with Crippen LogP contribution in [0.2, 0.25) is 0 Å². The fraction of sp³-hybridized carbons (Fsp3) is 0.276. The SMILES string of the molecule is COCOc1ccc2c(C(=O)CCc3ccc(F)c(F)c3)c(C(C)C)n(Cc3ccccc3)c2c1. The number of carbonyl (C=O) groups is 1. The summed E-state index contributed by atoms with van der Waals surface area (Å²) in [6, 6.07) is 19.6. The zero-order chi connectivity index (χ0) is 24.9. The number of rotatable bonds is 10. The van der Waals surface area contributed by atoms with E-state index in [0.717, 1.165) is 34.3 Å². The summed E-state index contributed by atoms with van der Waals surface area (Å²) in [6.07, 6.45) is 0.519. The monoisotopic (exact) mass is 477 g/mol. The van der Waals surface area contributed by atoms with E-state index >= 15 is 0 Å². The van der Waals surface area contributed by atoms with E-state index in [-0.39, 0.29) is 24.9 Å². The largest absolute Gasteiger partial charge is 0.467 e. The van der Waals surface area contributed by atoms with E-state index in [1.54, 1.807) is 7.11 Å². The molecule has 35 heavy (non-hydrogen) atoms.